The van der Waals surface area contributed by atoms with E-state index in [4.69, 9.17) is 16.3 Å². The summed E-state index contributed by atoms with van der Waals surface area (Å²) in [5, 5.41) is 5.34. The predicted molar refractivity (Wildman–Crippen MR) is 88.2 cm³/mol. The van der Waals surface area contributed by atoms with Crippen LogP contribution in [-0.4, -0.2) is 11.6 Å². The van der Waals surface area contributed by atoms with Crippen molar-refractivity contribution in [3.8, 4) is 5.75 Å². The highest BCUT2D eigenvalue weighted by atomic mass is 35.5. The maximum atomic E-state index is 6.08. The molecule has 0 bridgehead atoms. The van der Waals surface area contributed by atoms with E-state index in [1.54, 1.807) is 0 Å². The van der Waals surface area contributed by atoms with Gasteiger partial charge in [-0.15, -0.1) is 0 Å². The Morgan fingerprint density at radius 2 is 2.10 bits per heavy atom. The molecule has 1 heterocycles. The lowest BCUT2D eigenvalue weighted by Gasteiger charge is -2.13. The fraction of sp³-hybridized carbons (Fsp3) is 0.176. The number of aromatic nitrogens is 1. The molecule has 0 aliphatic carbocycles. The van der Waals surface area contributed by atoms with Gasteiger partial charge in [0.05, 0.1) is 12.3 Å². The van der Waals surface area contributed by atoms with E-state index in [1.165, 1.54) is 10.9 Å². The molecule has 0 atom stereocenters. The van der Waals surface area contributed by atoms with Crippen molar-refractivity contribution in [3.05, 3.63) is 59.2 Å². The standard InChI is InChI=1S/C17H17ClN2O/c1-2-21-17-7-6-13(18)10-16(17)20-11-12-4-3-5-15-14(12)8-9-19-15/h3-10,19-20H,2,11H2,1H3. The fourth-order valence-electron chi connectivity index (χ4n) is 2.42. The number of benzene rings is 2. The maximum Gasteiger partial charge on any atom is 0.142 e. The minimum atomic E-state index is 0.629. The smallest absolute Gasteiger partial charge is 0.142 e. The molecule has 0 radical (unpaired) electrons. The van der Waals surface area contributed by atoms with Crippen molar-refractivity contribution >= 4 is 28.2 Å². The molecule has 0 unspecified atom stereocenters. The molecule has 0 fully saturated rings. The number of hydrogen-bond donors (Lipinski definition) is 2. The Balaban J connectivity index is 1.84. The van der Waals surface area contributed by atoms with Crippen molar-refractivity contribution in [2.45, 2.75) is 13.5 Å². The number of nitrogens with one attached hydrogen (secondary N) is 2. The van der Waals surface area contributed by atoms with Gasteiger partial charge in [-0.3, -0.25) is 0 Å². The number of hydrogen-bond acceptors (Lipinski definition) is 2. The highest BCUT2D eigenvalue weighted by Gasteiger charge is 2.06. The summed E-state index contributed by atoms with van der Waals surface area (Å²) >= 11 is 6.08. The number of anilines is 1. The molecular formula is C17H17ClN2O. The largest absolute Gasteiger partial charge is 0.492 e. The first-order chi connectivity index (χ1) is 10.3. The zero-order valence-corrected chi connectivity index (χ0v) is 12.6. The molecule has 0 aliphatic rings. The van der Waals surface area contributed by atoms with Crippen LogP contribution in [0.2, 0.25) is 5.02 Å². The molecule has 2 N–H and O–H groups in total. The van der Waals surface area contributed by atoms with Crippen molar-refractivity contribution in [3.63, 3.8) is 0 Å². The zero-order valence-electron chi connectivity index (χ0n) is 11.8. The van der Waals surface area contributed by atoms with Crippen molar-refractivity contribution in [1.29, 1.82) is 0 Å². The summed E-state index contributed by atoms with van der Waals surface area (Å²) in [5.74, 6) is 0.822. The second kappa shape index (κ2) is 6.10. The Morgan fingerprint density at radius 3 is 2.95 bits per heavy atom. The summed E-state index contributed by atoms with van der Waals surface area (Å²) in [6, 6.07) is 14.0. The van der Waals surface area contributed by atoms with Gasteiger partial charge in [0.15, 0.2) is 0 Å². The maximum absolute atomic E-state index is 6.08. The molecule has 3 aromatic rings. The van der Waals surface area contributed by atoms with Crippen LogP contribution < -0.4 is 10.1 Å². The average Bonchev–Trinajstić information content (AvgIpc) is 2.96. The van der Waals surface area contributed by atoms with Gasteiger partial charge >= 0.3 is 0 Å². The summed E-state index contributed by atoms with van der Waals surface area (Å²) in [6.45, 7) is 3.32. The summed E-state index contributed by atoms with van der Waals surface area (Å²) in [6.07, 6.45) is 1.96. The Bertz CT molecular complexity index is 751. The predicted octanol–water partition coefficient (Wildman–Crippen LogP) is 4.83. The van der Waals surface area contributed by atoms with E-state index >= 15 is 0 Å². The highest BCUT2D eigenvalue weighted by Crippen LogP contribution is 2.29. The topological polar surface area (TPSA) is 37.0 Å². The van der Waals surface area contributed by atoms with E-state index in [-0.39, 0.29) is 0 Å². The summed E-state index contributed by atoms with van der Waals surface area (Å²) in [7, 11) is 0. The molecule has 0 spiro atoms. The summed E-state index contributed by atoms with van der Waals surface area (Å²) in [5.41, 5.74) is 3.29. The van der Waals surface area contributed by atoms with E-state index in [2.05, 4.69) is 34.6 Å². The van der Waals surface area contributed by atoms with Gasteiger partial charge in [-0.2, -0.15) is 0 Å². The third-order valence-corrected chi connectivity index (χ3v) is 3.63. The van der Waals surface area contributed by atoms with Crippen LogP contribution in [0.15, 0.2) is 48.7 Å². The van der Waals surface area contributed by atoms with Crippen molar-refractivity contribution < 1.29 is 4.74 Å². The fourth-order valence-corrected chi connectivity index (χ4v) is 2.59. The molecule has 108 valence electrons. The average molecular weight is 301 g/mol. The molecule has 3 nitrogen and oxygen atoms in total. The van der Waals surface area contributed by atoms with Gasteiger partial charge in [-0.25, -0.2) is 0 Å². The van der Waals surface area contributed by atoms with Gasteiger partial charge in [0.2, 0.25) is 0 Å². The Kier molecular flexibility index (Phi) is 4.02. The molecule has 4 heteroatoms. The van der Waals surface area contributed by atoms with Crippen molar-refractivity contribution in [2.24, 2.45) is 0 Å². The Labute approximate surface area is 128 Å². The van der Waals surface area contributed by atoms with Gasteiger partial charge in [-0.1, -0.05) is 23.7 Å². The van der Waals surface area contributed by atoms with Crippen LogP contribution in [0.1, 0.15) is 12.5 Å². The SMILES string of the molecule is CCOc1ccc(Cl)cc1NCc1cccc2[nH]ccc12. The molecule has 2 aromatic carbocycles. The highest BCUT2D eigenvalue weighted by molar-refractivity contribution is 6.30. The minimum Gasteiger partial charge on any atom is -0.492 e. The van der Waals surface area contributed by atoms with Crippen molar-refractivity contribution in [1.82, 2.24) is 4.98 Å². The zero-order chi connectivity index (χ0) is 14.7. The third kappa shape index (κ3) is 2.98. The lowest BCUT2D eigenvalue weighted by molar-refractivity contribution is 0.341. The first-order valence-electron chi connectivity index (χ1n) is 6.99. The van der Waals surface area contributed by atoms with Gasteiger partial charge in [0, 0.05) is 28.7 Å². The van der Waals surface area contributed by atoms with Crippen LogP contribution in [-0.2, 0) is 6.54 Å². The van der Waals surface area contributed by atoms with Crippen LogP contribution in [0.25, 0.3) is 10.9 Å². The number of ether oxygens (including phenoxy) is 1. The van der Waals surface area contributed by atoms with Gasteiger partial charge in [0.1, 0.15) is 5.75 Å². The number of fused-ring (bicyclic) bond motifs is 1. The van der Waals surface area contributed by atoms with Gasteiger partial charge in [-0.05, 0) is 42.8 Å². The number of halogens is 1. The molecule has 3 rings (SSSR count). The van der Waals surface area contributed by atoms with E-state index in [1.807, 2.05) is 31.3 Å². The lowest BCUT2D eigenvalue weighted by Crippen LogP contribution is -2.03. The monoisotopic (exact) mass is 300 g/mol. The Hall–Kier alpha value is -2.13. The van der Waals surface area contributed by atoms with Crippen LogP contribution in [0.4, 0.5) is 5.69 Å². The van der Waals surface area contributed by atoms with Crippen LogP contribution in [0, 0.1) is 0 Å². The van der Waals surface area contributed by atoms with Crippen LogP contribution >= 0.6 is 11.6 Å². The quantitative estimate of drug-likeness (QED) is 0.708. The Morgan fingerprint density at radius 1 is 1.19 bits per heavy atom. The molecular weight excluding hydrogens is 284 g/mol. The van der Waals surface area contributed by atoms with E-state index < -0.39 is 0 Å². The van der Waals surface area contributed by atoms with E-state index in [9.17, 15) is 0 Å². The summed E-state index contributed by atoms with van der Waals surface area (Å²) < 4.78 is 5.63. The molecule has 0 saturated heterocycles. The van der Waals surface area contributed by atoms with Crippen LogP contribution in [0.5, 0.6) is 5.75 Å². The van der Waals surface area contributed by atoms with E-state index in [0.29, 0.717) is 11.6 Å². The molecule has 0 aliphatic heterocycles. The second-order valence-electron chi connectivity index (χ2n) is 4.78. The number of rotatable bonds is 5. The third-order valence-electron chi connectivity index (χ3n) is 3.40. The minimum absolute atomic E-state index is 0.629. The molecule has 1 aromatic heterocycles. The van der Waals surface area contributed by atoms with Gasteiger partial charge in [0.25, 0.3) is 0 Å². The molecule has 0 saturated carbocycles. The first-order valence-corrected chi connectivity index (χ1v) is 7.37. The van der Waals surface area contributed by atoms with Gasteiger partial charge < -0.3 is 15.0 Å². The summed E-state index contributed by atoms with van der Waals surface area (Å²) in [4.78, 5) is 3.23. The first kappa shape index (κ1) is 13.8. The lowest BCUT2D eigenvalue weighted by atomic mass is 10.1. The van der Waals surface area contributed by atoms with Crippen LogP contribution in [0.3, 0.4) is 0 Å². The number of H-pyrrole nitrogens is 1. The normalized spacial score (nSPS) is 10.8. The molecule has 0 amide bonds. The number of aromatic amines is 1. The van der Waals surface area contributed by atoms with E-state index in [0.717, 1.165) is 23.5 Å². The second-order valence-corrected chi connectivity index (χ2v) is 5.22. The van der Waals surface area contributed by atoms with Crippen molar-refractivity contribution in [2.75, 3.05) is 11.9 Å². The molecule has 21 heavy (non-hydrogen) atoms.